The molecule has 3 aromatic rings. The second-order valence-electron chi connectivity index (χ2n) is 8.88. The van der Waals surface area contributed by atoms with E-state index in [1.165, 1.54) is 29.2 Å². The van der Waals surface area contributed by atoms with Crippen molar-refractivity contribution < 1.29 is 14.3 Å². The molecule has 2 aromatic carbocycles. The minimum Gasteiger partial charge on any atom is -0.467 e. The Morgan fingerprint density at radius 3 is 2.62 bits per heavy atom. The maximum Gasteiger partial charge on any atom is 0.132 e. The molecule has 0 bridgehead atoms. The topological polar surface area (TPSA) is 54.6 Å². The van der Waals surface area contributed by atoms with Crippen molar-refractivity contribution in [2.45, 2.75) is 50.9 Å². The van der Waals surface area contributed by atoms with Gasteiger partial charge in [-0.05, 0) is 67.5 Å². The number of fused-ring (bicyclic) bond motifs is 1. The van der Waals surface area contributed by atoms with Crippen molar-refractivity contribution in [3.8, 4) is 0 Å². The summed E-state index contributed by atoms with van der Waals surface area (Å²) in [5.74, 6) is 1.38. The van der Waals surface area contributed by atoms with Gasteiger partial charge in [0.1, 0.15) is 11.9 Å². The molecule has 1 aromatic heterocycles. The van der Waals surface area contributed by atoms with Crippen LogP contribution in [0, 0.1) is 5.92 Å². The van der Waals surface area contributed by atoms with Gasteiger partial charge in [-0.2, -0.15) is 0 Å². The van der Waals surface area contributed by atoms with Crippen LogP contribution in [-0.4, -0.2) is 29.9 Å². The molecule has 1 heterocycles. The van der Waals surface area contributed by atoms with E-state index < -0.39 is 6.10 Å². The average molecular weight is 394 g/mol. The van der Waals surface area contributed by atoms with Gasteiger partial charge in [0.05, 0.1) is 19.0 Å². The molecule has 2 N–H and O–H groups in total. The normalized spacial score (nSPS) is 16.8. The minimum atomic E-state index is -0.554. The second kappa shape index (κ2) is 8.70. The summed E-state index contributed by atoms with van der Waals surface area (Å²) < 4.78 is 11.5. The number of hydrogen-bond donors (Lipinski definition) is 2. The zero-order chi connectivity index (χ0) is 20.3. The van der Waals surface area contributed by atoms with Crippen LogP contribution in [0.5, 0.6) is 0 Å². The van der Waals surface area contributed by atoms with Crippen molar-refractivity contribution in [2.75, 3.05) is 13.2 Å². The molecule has 4 rings (SSSR count). The molecule has 1 aliphatic carbocycles. The molecular weight excluding hydrogens is 362 g/mol. The number of benzene rings is 2. The third-order valence-corrected chi connectivity index (χ3v) is 5.62. The monoisotopic (exact) mass is 393 g/mol. The fourth-order valence-electron chi connectivity index (χ4n) is 3.89. The Morgan fingerprint density at radius 2 is 1.90 bits per heavy atom. The van der Waals surface area contributed by atoms with E-state index in [1.54, 1.807) is 6.26 Å². The molecule has 29 heavy (non-hydrogen) atoms. The first-order valence-corrected chi connectivity index (χ1v) is 10.6. The van der Waals surface area contributed by atoms with Crippen LogP contribution in [0.2, 0.25) is 0 Å². The summed E-state index contributed by atoms with van der Waals surface area (Å²) in [6, 6.07) is 18.9. The minimum absolute atomic E-state index is 0.0368. The van der Waals surface area contributed by atoms with E-state index in [-0.39, 0.29) is 11.6 Å². The Kier molecular flexibility index (Phi) is 6.04. The second-order valence-corrected chi connectivity index (χ2v) is 8.88. The highest BCUT2D eigenvalue weighted by molar-refractivity contribution is 5.83. The number of hydrogen-bond acceptors (Lipinski definition) is 4. The zero-order valence-corrected chi connectivity index (χ0v) is 17.3. The summed E-state index contributed by atoms with van der Waals surface area (Å²) in [6.45, 7) is 5.15. The predicted molar refractivity (Wildman–Crippen MR) is 116 cm³/mol. The Balaban J connectivity index is 1.27. The van der Waals surface area contributed by atoms with Crippen molar-refractivity contribution in [1.82, 2.24) is 5.32 Å². The first kappa shape index (κ1) is 20.1. The maximum absolute atomic E-state index is 10.5. The fraction of sp³-hybridized carbons (Fsp3) is 0.440. The van der Waals surface area contributed by atoms with Crippen molar-refractivity contribution >= 4 is 10.8 Å². The Labute approximate surface area is 172 Å². The smallest absolute Gasteiger partial charge is 0.132 e. The molecule has 0 aliphatic heterocycles. The number of β-amino-alcohol motifs (C(OH)–C–C–N with tert-alkyl or cyclic N) is 1. The first-order chi connectivity index (χ1) is 14.0. The summed E-state index contributed by atoms with van der Waals surface area (Å²) in [7, 11) is 0. The van der Waals surface area contributed by atoms with Gasteiger partial charge < -0.3 is 19.6 Å². The number of nitrogens with one attached hydrogen (secondary N) is 1. The van der Waals surface area contributed by atoms with Gasteiger partial charge in [-0.15, -0.1) is 0 Å². The van der Waals surface area contributed by atoms with Gasteiger partial charge in [0.15, 0.2) is 0 Å². The highest BCUT2D eigenvalue weighted by Gasteiger charge is 2.35. The van der Waals surface area contributed by atoms with Crippen LogP contribution in [0.25, 0.3) is 10.8 Å². The Bertz CT molecular complexity index is 915. The van der Waals surface area contributed by atoms with Crippen LogP contribution in [-0.2, 0) is 11.2 Å². The number of rotatable bonds is 10. The van der Waals surface area contributed by atoms with Gasteiger partial charge in [-0.1, -0.05) is 42.5 Å². The Morgan fingerprint density at radius 1 is 1.10 bits per heavy atom. The number of furan rings is 1. The van der Waals surface area contributed by atoms with E-state index in [0.29, 0.717) is 19.1 Å². The predicted octanol–water partition coefficient (Wildman–Crippen LogP) is 4.87. The zero-order valence-electron chi connectivity index (χ0n) is 17.3. The van der Waals surface area contributed by atoms with E-state index in [1.807, 2.05) is 12.1 Å². The number of ether oxygens (including phenoxy) is 1. The molecule has 1 fully saturated rings. The molecule has 2 atom stereocenters. The van der Waals surface area contributed by atoms with Crippen LogP contribution in [0.4, 0.5) is 0 Å². The summed E-state index contributed by atoms with van der Waals surface area (Å²) in [5.41, 5.74) is 1.17. The molecule has 0 saturated heterocycles. The van der Waals surface area contributed by atoms with Gasteiger partial charge in [-0.3, -0.25) is 0 Å². The average Bonchev–Trinajstić information content (AvgIpc) is 3.40. The molecule has 0 amide bonds. The SMILES string of the molecule is CC(C)(Cc1ccc2ccccc2c1)NC[C@@H](O)COC(c1ccco1)C1CC1. The highest BCUT2D eigenvalue weighted by Crippen LogP contribution is 2.43. The summed E-state index contributed by atoms with van der Waals surface area (Å²) >= 11 is 0. The maximum atomic E-state index is 10.5. The molecular formula is C25H31NO3. The van der Waals surface area contributed by atoms with E-state index in [9.17, 15) is 5.11 Å². The molecule has 1 aliphatic rings. The lowest BCUT2D eigenvalue weighted by atomic mass is 9.93. The molecule has 1 saturated carbocycles. The largest absolute Gasteiger partial charge is 0.467 e. The lowest BCUT2D eigenvalue weighted by Gasteiger charge is -2.28. The molecule has 154 valence electrons. The molecule has 0 spiro atoms. The summed E-state index contributed by atoms with van der Waals surface area (Å²) in [5, 5.41) is 16.5. The van der Waals surface area contributed by atoms with Gasteiger partial charge >= 0.3 is 0 Å². The van der Waals surface area contributed by atoms with Gasteiger partial charge in [0.2, 0.25) is 0 Å². The van der Waals surface area contributed by atoms with Crippen LogP contribution in [0.3, 0.4) is 0 Å². The van der Waals surface area contributed by atoms with Gasteiger partial charge in [-0.25, -0.2) is 0 Å². The Hall–Kier alpha value is -2.14. The van der Waals surface area contributed by atoms with Crippen molar-refractivity contribution in [1.29, 1.82) is 0 Å². The molecule has 4 nitrogen and oxygen atoms in total. The van der Waals surface area contributed by atoms with Crippen LogP contribution in [0.1, 0.15) is 44.1 Å². The van der Waals surface area contributed by atoms with Crippen molar-refractivity contribution in [2.24, 2.45) is 5.92 Å². The van der Waals surface area contributed by atoms with Gasteiger partial charge in [0.25, 0.3) is 0 Å². The van der Waals surface area contributed by atoms with E-state index >= 15 is 0 Å². The summed E-state index contributed by atoms with van der Waals surface area (Å²) in [4.78, 5) is 0. The number of aliphatic hydroxyl groups excluding tert-OH is 1. The van der Waals surface area contributed by atoms with Crippen LogP contribution < -0.4 is 5.32 Å². The van der Waals surface area contributed by atoms with Gasteiger partial charge in [0, 0.05) is 12.1 Å². The van der Waals surface area contributed by atoms with Crippen molar-refractivity contribution in [3.63, 3.8) is 0 Å². The van der Waals surface area contributed by atoms with E-state index in [2.05, 4.69) is 61.6 Å². The highest BCUT2D eigenvalue weighted by atomic mass is 16.5. The number of aliphatic hydroxyl groups is 1. The molecule has 1 unspecified atom stereocenters. The van der Waals surface area contributed by atoms with E-state index in [0.717, 1.165) is 12.2 Å². The first-order valence-electron chi connectivity index (χ1n) is 10.6. The lowest BCUT2D eigenvalue weighted by molar-refractivity contribution is -0.0297. The standard InChI is InChI=1S/C25H31NO3/c1-25(2,15-18-9-10-19-6-3-4-7-21(19)14-18)26-16-22(27)17-29-24(20-11-12-20)23-8-5-13-28-23/h3-10,13-14,20,22,24,26-27H,11-12,15-17H2,1-2H3/t22-,24?/m1/s1. The van der Waals surface area contributed by atoms with Crippen LogP contribution in [0.15, 0.2) is 65.3 Å². The third-order valence-electron chi connectivity index (χ3n) is 5.62. The lowest BCUT2D eigenvalue weighted by Crippen LogP contribution is -2.46. The quantitative estimate of drug-likeness (QED) is 0.516. The molecule has 4 heteroatoms. The van der Waals surface area contributed by atoms with E-state index in [4.69, 9.17) is 9.15 Å². The van der Waals surface area contributed by atoms with Crippen molar-refractivity contribution in [3.05, 3.63) is 72.2 Å². The summed E-state index contributed by atoms with van der Waals surface area (Å²) in [6.07, 6.45) is 4.31. The molecule has 0 radical (unpaired) electrons. The fourth-order valence-corrected chi connectivity index (χ4v) is 3.89. The van der Waals surface area contributed by atoms with Crippen LogP contribution >= 0.6 is 0 Å². The third kappa shape index (κ3) is 5.47.